The number of carboxylic acids is 1. The summed E-state index contributed by atoms with van der Waals surface area (Å²) < 4.78 is 7.40. The second-order valence-corrected chi connectivity index (χ2v) is 8.29. The number of nitrogens with zero attached hydrogens (tertiary/aromatic N) is 1. The SMILES string of the molecule is CC(=O)[O-].Cc1c2cc[n+]([C@@H]3O[C@H](CO)[C@@H](O)[C@@H]3O)cc2c(C)c2c1[nH]c1ccc(O)cc12. The van der Waals surface area contributed by atoms with Crippen LogP contribution < -0.4 is 9.67 Å². The molecule has 1 aliphatic rings. The van der Waals surface area contributed by atoms with E-state index in [0.29, 0.717) is 0 Å². The Bertz CT molecular complexity index is 1360. The monoisotopic (exact) mass is 454 g/mol. The van der Waals surface area contributed by atoms with E-state index in [-0.39, 0.29) is 12.4 Å². The Hall–Kier alpha value is -3.24. The van der Waals surface area contributed by atoms with Gasteiger partial charge in [-0.05, 0) is 55.5 Å². The number of fused-ring (bicyclic) bond motifs is 4. The second-order valence-electron chi connectivity index (χ2n) is 8.29. The fourth-order valence-corrected chi connectivity index (χ4v) is 4.54. The van der Waals surface area contributed by atoms with Crippen molar-refractivity contribution in [2.24, 2.45) is 0 Å². The summed E-state index contributed by atoms with van der Waals surface area (Å²) in [4.78, 5) is 12.3. The number of benzene rings is 2. The fraction of sp³-hybridized carbons (Fsp3) is 0.333. The summed E-state index contributed by atoms with van der Waals surface area (Å²) in [6, 6.07) is 7.26. The summed E-state index contributed by atoms with van der Waals surface area (Å²) in [5, 5.41) is 52.7. The molecule has 2 aromatic heterocycles. The highest BCUT2D eigenvalue weighted by atomic mass is 16.6. The Morgan fingerprint density at radius 1 is 1.12 bits per heavy atom. The van der Waals surface area contributed by atoms with Crippen LogP contribution in [0.3, 0.4) is 0 Å². The van der Waals surface area contributed by atoms with E-state index < -0.39 is 30.5 Å². The van der Waals surface area contributed by atoms with Crippen LogP contribution in [0.25, 0.3) is 32.6 Å². The van der Waals surface area contributed by atoms with Gasteiger partial charge in [-0.15, -0.1) is 0 Å². The molecule has 33 heavy (non-hydrogen) atoms. The van der Waals surface area contributed by atoms with Crippen molar-refractivity contribution in [2.45, 2.75) is 45.3 Å². The number of aliphatic hydroxyl groups is 3. The highest BCUT2D eigenvalue weighted by molar-refractivity contribution is 6.16. The molecule has 1 fully saturated rings. The second kappa shape index (κ2) is 8.60. The number of hydrogen-bond acceptors (Lipinski definition) is 7. The number of H-pyrrole nitrogens is 1. The number of aryl methyl sites for hydroxylation is 2. The van der Waals surface area contributed by atoms with Crippen LogP contribution in [0.2, 0.25) is 0 Å². The summed E-state index contributed by atoms with van der Waals surface area (Å²) in [6.45, 7) is 4.69. The summed E-state index contributed by atoms with van der Waals surface area (Å²) in [5.74, 6) is -0.870. The van der Waals surface area contributed by atoms with Crippen molar-refractivity contribution in [3.63, 3.8) is 0 Å². The van der Waals surface area contributed by atoms with Crippen molar-refractivity contribution in [1.29, 1.82) is 0 Å². The number of phenols is 1. The van der Waals surface area contributed by atoms with Crippen molar-refractivity contribution in [3.05, 3.63) is 47.8 Å². The molecule has 3 heterocycles. The van der Waals surface area contributed by atoms with Gasteiger partial charge in [0.1, 0.15) is 18.0 Å². The minimum atomic E-state index is -1.14. The minimum Gasteiger partial charge on any atom is -0.550 e. The van der Waals surface area contributed by atoms with Crippen molar-refractivity contribution in [3.8, 4) is 5.75 Å². The molecule has 4 atom stereocenters. The zero-order valence-corrected chi connectivity index (χ0v) is 18.4. The van der Waals surface area contributed by atoms with Gasteiger partial charge in [0.15, 0.2) is 18.5 Å². The van der Waals surface area contributed by atoms with Gasteiger partial charge in [0.2, 0.25) is 0 Å². The number of aromatic nitrogens is 2. The minimum absolute atomic E-state index is 0.213. The molecular weight excluding hydrogens is 428 g/mol. The molecule has 0 amide bonds. The van der Waals surface area contributed by atoms with Gasteiger partial charge in [-0.2, -0.15) is 4.57 Å². The molecule has 4 aromatic rings. The van der Waals surface area contributed by atoms with Crippen molar-refractivity contribution in [1.82, 2.24) is 4.98 Å². The number of aromatic amines is 1. The Morgan fingerprint density at radius 3 is 2.45 bits per heavy atom. The first-order valence-corrected chi connectivity index (χ1v) is 10.5. The first-order valence-electron chi connectivity index (χ1n) is 10.5. The third-order valence-corrected chi connectivity index (χ3v) is 6.13. The molecular formula is C24H26N2O7. The van der Waals surface area contributed by atoms with E-state index >= 15 is 0 Å². The first-order chi connectivity index (χ1) is 15.6. The molecule has 5 N–H and O–H groups in total. The number of aliphatic carboxylic acids is 1. The van der Waals surface area contributed by atoms with Gasteiger partial charge in [-0.3, -0.25) is 0 Å². The van der Waals surface area contributed by atoms with E-state index in [1.807, 2.05) is 31.5 Å². The van der Waals surface area contributed by atoms with Gasteiger partial charge in [-0.25, -0.2) is 0 Å². The highest BCUT2D eigenvalue weighted by Gasteiger charge is 2.48. The third-order valence-electron chi connectivity index (χ3n) is 6.13. The molecule has 1 saturated heterocycles. The molecule has 2 aromatic carbocycles. The Morgan fingerprint density at radius 2 is 1.82 bits per heavy atom. The lowest BCUT2D eigenvalue weighted by Gasteiger charge is -2.12. The van der Waals surface area contributed by atoms with Crippen LogP contribution >= 0.6 is 0 Å². The highest BCUT2D eigenvalue weighted by Crippen LogP contribution is 2.37. The molecule has 0 aliphatic carbocycles. The molecule has 9 nitrogen and oxygen atoms in total. The van der Waals surface area contributed by atoms with Crippen LogP contribution in [0.4, 0.5) is 0 Å². The molecule has 174 valence electrons. The molecule has 0 bridgehead atoms. The smallest absolute Gasteiger partial charge is 0.292 e. The number of aliphatic hydroxyl groups excluding tert-OH is 3. The van der Waals surface area contributed by atoms with Crippen LogP contribution in [-0.2, 0) is 9.53 Å². The lowest BCUT2D eigenvalue weighted by atomic mass is 9.97. The zero-order valence-electron chi connectivity index (χ0n) is 18.4. The lowest BCUT2D eigenvalue weighted by molar-refractivity contribution is -0.764. The number of pyridine rings is 1. The number of nitrogens with one attached hydrogen (secondary N) is 1. The topological polar surface area (TPSA) is 150 Å². The number of rotatable bonds is 2. The molecule has 0 unspecified atom stereocenters. The number of phenolic OH excluding ortho intramolecular Hbond substituents is 1. The van der Waals surface area contributed by atoms with E-state index in [9.17, 15) is 20.4 Å². The van der Waals surface area contributed by atoms with Crippen molar-refractivity contribution < 1.29 is 39.6 Å². The summed E-state index contributed by atoms with van der Waals surface area (Å²) in [5.41, 5.74) is 4.11. The van der Waals surface area contributed by atoms with Crippen LogP contribution in [0, 0.1) is 13.8 Å². The van der Waals surface area contributed by atoms with Gasteiger partial charge in [0.05, 0.1) is 12.1 Å². The normalized spacial score (nSPS) is 22.6. The molecule has 0 radical (unpaired) electrons. The van der Waals surface area contributed by atoms with E-state index in [1.54, 1.807) is 16.7 Å². The first kappa shape index (κ1) is 22.9. The van der Waals surface area contributed by atoms with Crippen LogP contribution in [0.1, 0.15) is 24.3 Å². The average Bonchev–Trinajstić information content (AvgIpc) is 3.29. The fourth-order valence-electron chi connectivity index (χ4n) is 4.54. The van der Waals surface area contributed by atoms with Crippen LogP contribution in [-0.4, -0.2) is 56.3 Å². The van der Waals surface area contributed by atoms with Gasteiger partial charge < -0.3 is 40.0 Å². The molecule has 5 rings (SSSR count). The number of carboxylic acid groups (broad SMARTS) is 1. The van der Waals surface area contributed by atoms with Gasteiger partial charge in [0, 0.05) is 33.7 Å². The number of carbonyl (C=O) groups excluding carboxylic acids is 1. The summed E-state index contributed by atoms with van der Waals surface area (Å²) in [6.07, 6.45) is -0.164. The van der Waals surface area contributed by atoms with Gasteiger partial charge in [0.25, 0.3) is 6.23 Å². The molecule has 0 spiro atoms. The quantitative estimate of drug-likeness (QED) is 0.276. The van der Waals surface area contributed by atoms with Crippen LogP contribution in [0.5, 0.6) is 5.75 Å². The molecule has 0 saturated carbocycles. The summed E-state index contributed by atoms with van der Waals surface area (Å²) >= 11 is 0. The van der Waals surface area contributed by atoms with E-state index in [1.165, 1.54) is 0 Å². The van der Waals surface area contributed by atoms with Gasteiger partial charge in [-0.1, -0.05) is 0 Å². The number of aromatic hydroxyl groups is 1. The predicted molar refractivity (Wildman–Crippen MR) is 118 cm³/mol. The Labute approximate surface area is 189 Å². The molecule has 9 heteroatoms. The maximum Gasteiger partial charge on any atom is 0.292 e. The van der Waals surface area contributed by atoms with Crippen molar-refractivity contribution >= 4 is 38.5 Å². The standard InChI is InChI=1S/C22H22N2O5.C2H4O2/c1-10-15-8-24(22-21(28)20(27)17(9-25)29-22)6-5-13(15)11(2)19-18(10)14-7-12(26)3-4-16(14)23-19;1-2(3)4/h3-8,17,20-22,25-28H,9H2,1-2H3;1H3,(H,3,4)/t17-,20-,21+,22-;/m1./s1. The summed E-state index contributed by atoms with van der Waals surface area (Å²) in [7, 11) is 0. The number of carbonyl (C=O) groups is 1. The Kier molecular flexibility index (Phi) is 5.98. The maximum absolute atomic E-state index is 10.4. The maximum atomic E-state index is 10.4. The third kappa shape index (κ3) is 3.89. The van der Waals surface area contributed by atoms with E-state index in [4.69, 9.17) is 14.6 Å². The predicted octanol–water partition coefficient (Wildman–Crippen LogP) is 0.452. The zero-order chi connectivity index (χ0) is 24.0. The number of ether oxygens (including phenoxy) is 1. The molecule has 1 aliphatic heterocycles. The van der Waals surface area contributed by atoms with Gasteiger partial charge >= 0.3 is 0 Å². The van der Waals surface area contributed by atoms with Crippen molar-refractivity contribution in [2.75, 3.05) is 6.61 Å². The number of hydrogen-bond donors (Lipinski definition) is 5. The van der Waals surface area contributed by atoms with E-state index in [2.05, 4.69) is 11.9 Å². The average molecular weight is 454 g/mol. The largest absolute Gasteiger partial charge is 0.550 e. The van der Waals surface area contributed by atoms with E-state index in [0.717, 1.165) is 50.6 Å². The van der Waals surface area contributed by atoms with Crippen LogP contribution in [0.15, 0.2) is 36.7 Å². The lowest BCUT2D eigenvalue weighted by Crippen LogP contribution is -2.45. The Balaban J connectivity index is 0.000000601.